The number of ketones is 1. The fourth-order valence-corrected chi connectivity index (χ4v) is 3.03. The quantitative estimate of drug-likeness (QED) is 0.814. The van der Waals surface area contributed by atoms with Gasteiger partial charge in [0.2, 0.25) is 0 Å². The standard InChI is InChI=1S/C12H9BrN2O2S/c13-9-3-7-1-2-17-12(7)8(4-9)5-10(16)11-6-14-15-18-11/h3-4,6H,1-2,5H2. The van der Waals surface area contributed by atoms with Gasteiger partial charge in [0.1, 0.15) is 10.6 Å². The predicted octanol–water partition coefficient (Wildman–Crippen LogP) is 2.66. The highest BCUT2D eigenvalue weighted by Crippen LogP contribution is 2.33. The highest BCUT2D eigenvalue weighted by Gasteiger charge is 2.20. The van der Waals surface area contributed by atoms with Crippen molar-refractivity contribution in [2.75, 3.05) is 6.61 Å². The SMILES string of the molecule is O=C(Cc1cc(Br)cc2c1OCC2)c1cnns1. The maximum atomic E-state index is 12.0. The van der Waals surface area contributed by atoms with Gasteiger partial charge in [-0.1, -0.05) is 20.4 Å². The van der Waals surface area contributed by atoms with E-state index >= 15 is 0 Å². The van der Waals surface area contributed by atoms with Gasteiger partial charge < -0.3 is 4.74 Å². The summed E-state index contributed by atoms with van der Waals surface area (Å²) >= 11 is 4.59. The lowest BCUT2D eigenvalue weighted by Crippen LogP contribution is -2.03. The third-order valence-electron chi connectivity index (χ3n) is 2.81. The molecule has 0 aliphatic carbocycles. The molecule has 6 heteroatoms. The molecule has 1 aromatic carbocycles. The molecule has 0 bridgehead atoms. The summed E-state index contributed by atoms with van der Waals surface area (Å²) in [5.74, 6) is 0.893. The first-order chi connectivity index (χ1) is 8.74. The maximum absolute atomic E-state index is 12.0. The molecule has 0 amide bonds. The zero-order valence-corrected chi connectivity index (χ0v) is 11.8. The molecule has 92 valence electrons. The summed E-state index contributed by atoms with van der Waals surface area (Å²) in [5.41, 5.74) is 2.09. The number of carbonyl (C=O) groups is 1. The van der Waals surface area contributed by atoms with Crippen LogP contribution >= 0.6 is 27.5 Å². The maximum Gasteiger partial charge on any atom is 0.180 e. The lowest BCUT2D eigenvalue weighted by molar-refractivity contribution is 0.0995. The molecular formula is C12H9BrN2O2S. The molecule has 1 aliphatic heterocycles. The highest BCUT2D eigenvalue weighted by molar-refractivity contribution is 9.10. The van der Waals surface area contributed by atoms with Crippen LogP contribution in [0.4, 0.5) is 0 Å². The Morgan fingerprint density at radius 1 is 1.50 bits per heavy atom. The molecule has 0 atom stereocenters. The number of nitrogens with zero attached hydrogens (tertiary/aromatic N) is 2. The highest BCUT2D eigenvalue weighted by atomic mass is 79.9. The molecule has 0 saturated carbocycles. The summed E-state index contributed by atoms with van der Waals surface area (Å²) in [6.45, 7) is 0.690. The van der Waals surface area contributed by atoms with Crippen LogP contribution in [0.5, 0.6) is 5.75 Å². The van der Waals surface area contributed by atoms with E-state index in [4.69, 9.17) is 4.74 Å². The molecule has 3 rings (SSSR count). The monoisotopic (exact) mass is 324 g/mol. The van der Waals surface area contributed by atoms with E-state index in [9.17, 15) is 4.79 Å². The third kappa shape index (κ3) is 2.18. The van der Waals surface area contributed by atoms with Crippen molar-refractivity contribution in [3.05, 3.63) is 38.8 Å². The van der Waals surface area contributed by atoms with E-state index in [-0.39, 0.29) is 5.78 Å². The molecule has 0 radical (unpaired) electrons. The van der Waals surface area contributed by atoms with E-state index in [0.29, 0.717) is 17.9 Å². The molecule has 0 N–H and O–H groups in total. The Labute approximate surface area is 116 Å². The van der Waals surface area contributed by atoms with Crippen LogP contribution in [-0.4, -0.2) is 22.0 Å². The molecule has 0 spiro atoms. The van der Waals surface area contributed by atoms with Crippen LogP contribution in [0.2, 0.25) is 0 Å². The summed E-state index contributed by atoms with van der Waals surface area (Å²) in [6, 6.07) is 3.99. The van der Waals surface area contributed by atoms with Gasteiger partial charge in [0.25, 0.3) is 0 Å². The largest absolute Gasteiger partial charge is 0.493 e. The zero-order chi connectivity index (χ0) is 12.5. The van der Waals surface area contributed by atoms with E-state index in [0.717, 1.165) is 39.3 Å². The Morgan fingerprint density at radius 2 is 2.39 bits per heavy atom. The van der Waals surface area contributed by atoms with Gasteiger partial charge in [-0.3, -0.25) is 4.79 Å². The van der Waals surface area contributed by atoms with Crippen LogP contribution in [0.1, 0.15) is 20.8 Å². The number of ether oxygens (including phenoxy) is 1. The van der Waals surface area contributed by atoms with Crippen molar-refractivity contribution in [1.29, 1.82) is 0 Å². The number of rotatable bonds is 3. The second-order valence-corrected chi connectivity index (χ2v) is 5.73. The van der Waals surface area contributed by atoms with Crippen LogP contribution < -0.4 is 4.74 Å². The average molecular weight is 325 g/mol. The van der Waals surface area contributed by atoms with Crippen molar-refractivity contribution in [2.24, 2.45) is 0 Å². The molecule has 0 saturated heterocycles. The van der Waals surface area contributed by atoms with Crippen molar-refractivity contribution < 1.29 is 9.53 Å². The summed E-state index contributed by atoms with van der Waals surface area (Å²) in [6.07, 6.45) is 2.73. The van der Waals surface area contributed by atoms with Gasteiger partial charge in [-0.2, -0.15) is 0 Å². The lowest BCUT2D eigenvalue weighted by atomic mass is 10.0. The number of hydrogen-bond donors (Lipinski definition) is 0. The molecule has 0 unspecified atom stereocenters. The molecule has 4 nitrogen and oxygen atoms in total. The molecule has 1 aliphatic rings. The van der Waals surface area contributed by atoms with E-state index in [2.05, 4.69) is 25.5 Å². The fourth-order valence-electron chi connectivity index (χ4n) is 2.03. The number of hydrogen-bond acceptors (Lipinski definition) is 5. The smallest absolute Gasteiger partial charge is 0.180 e. The van der Waals surface area contributed by atoms with Crippen LogP contribution in [0, 0.1) is 0 Å². The van der Waals surface area contributed by atoms with Crippen molar-refractivity contribution in [1.82, 2.24) is 9.59 Å². The van der Waals surface area contributed by atoms with Gasteiger partial charge in [-0.15, -0.1) is 5.10 Å². The van der Waals surface area contributed by atoms with Gasteiger partial charge in [-0.25, -0.2) is 0 Å². The number of aromatic nitrogens is 2. The average Bonchev–Trinajstić information content (AvgIpc) is 2.98. The Bertz CT molecular complexity index is 598. The second-order valence-electron chi connectivity index (χ2n) is 4.03. The minimum Gasteiger partial charge on any atom is -0.493 e. The summed E-state index contributed by atoms with van der Waals surface area (Å²) < 4.78 is 10.3. The molecule has 2 heterocycles. The first-order valence-electron chi connectivity index (χ1n) is 5.48. The first-order valence-corrected chi connectivity index (χ1v) is 7.05. The van der Waals surface area contributed by atoms with Gasteiger partial charge in [0.15, 0.2) is 5.78 Å². The van der Waals surface area contributed by atoms with E-state index in [1.54, 1.807) is 0 Å². The van der Waals surface area contributed by atoms with Gasteiger partial charge in [0.05, 0.1) is 12.8 Å². The Morgan fingerprint density at radius 3 is 3.17 bits per heavy atom. The second kappa shape index (κ2) is 4.78. The van der Waals surface area contributed by atoms with Crippen molar-refractivity contribution in [3.8, 4) is 5.75 Å². The number of carbonyl (C=O) groups excluding carboxylic acids is 1. The van der Waals surface area contributed by atoms with Crippen molar-refractivity contribution >= 4 is 33.2 Å². The van der Waals surface area contributed by atoms with Crippen LogP contribution in [0.25, 0.3) is 0 Å². The number of halogens is 1. The summed E-state index contributed by atoms with van der Waals surface area (Å²) in [5, 5.41) is 3.68. The molecule has 1 aromatic heterocycles. The van der Waals surface area contributed by atoms with Gasteiger partial charge in [0, 0.05) is 22.9 Å². The minimum absolute atomic E-state index is 0.0285. The molecule has 0 fully saturated rings. The number of fused-ring (bicyclic) bond motifs is 1. The van der Waals surface area contributed by atoms with Gasteiger partial charge in [-0.05, 0) is 29.2 Å². The fraction of sp³-hybridized carbons (Fsp3) is 0.250. The molecule has 2 aromatic rings. The lowest BCUT2D eigenvalue weighted by Gasteiger charge is -2.07. The zero-order valence-electron chi connectivity index (χ0n) is 9.35. The minimum atomic E-state index is 0.0285. The topological polar surface area (TPSA) is 52.1 Å². The van der Waals surface area contributed by atoms with Gasteiger partial charge >= 0.3 is 0 Å². The van der Waals surface area contributed by atoms with Crippen LogP contribution in [0.3, 0.4) is 0 Å². The number of benzene rings is 1. The number of Topliss-reactive ketones (excluding diaryl/α,β-unsaturated/α-hetero) is 1. The van der Waals surface area contributed by atoms with Crippen LogP contribution in [0.15, 0.2) is 22.8 Å². The Hall–Kier alpha value is -1.27. The van der Waals surface area contributed by atoms with Crippen LogP contribution in [-0.2, 0) is 12.8 Å². The van der Waals surface area contributed by atoms with E-state index in [1.165, 1.54) is 6.20 Å². The molecule has 18 heavy (non-hydrogen) atoms. The van der Waals surface area contributed by atoms with E-state index < -0.39 is 0 Å². The Balaban J connectivity index is 1.91. The first kappa shape index (κ1) is 11.8. The predicted molar refractivity (Wildman–Crippen MR) is 71.3 cm³/mol. The summed E-state index contributed by atoms with van der Waals surface area (Å²) in [7, 11) is 0. The molecular weight excluding hydrogens is 316 g/mol. The van der Waals surface area contributed by atoms with Crippen molar-refractivity contribution in [2.45, 2.75) is 12.8 Å². The van der Waals surface area contributed by atoms with Crippen molar-refractivity contribution in [3.63, 3.8) is 0 Å². The normalized spacial score (nSPS) is 13.2. The Kier molecular flexibility index (Phi) is 3.13. The van der Waals surface area contributed by atoms with E-state index in [1.807, 2.05) is 12.1 Å². The third-order valence-corrected chi connectivity index (χ3v) is 3.98. The summed E-state index contributed by atoms with van der Waals surface area (Å²) in [4.78, 5) is 12.6.